The first-order valence-electron chi connectivity index (χ1n) is 8.53. The number of carbonyl (C=O) groups excluding carboxylic acids is 2. The van der Waals surface area contributed by atoms with E-state index in [1.54, 1.807) is 4.90 Å². The van der Waals surface area contributed by atoms with Gasteiger partial charge >= 0.3 is 0 Å². The van der Waals surface area contributed by atoms with Crippen LogP contribution < -0.4 is 4.90 Å². The summed E-state index contributed by atoms with van der Waals surface area (Å²) >= 11 is 0. The summed E-state index contributed by atoms with van der Waals surface area (Å²) in [4.78, 5) is 30.2. The molecule has 1 aromatic rings. The van der Waals surface area contributed by atoms with E-state index in [-0.39, 0.29) is 23.8 Å². The molecule has 0 radical (unpaired) electrons. The van der Waals surface area contributed by atoms with Crippen molar-refractivity contribution in [1.82, 2.24) is 9.80 Å². The van der Waals surface area contributed by atoms with Crippen molar-refractivity contribution in [2.75, 3.05) is 44.7 Å². The summed E-state index contributed by atoms with van der Waals surface area (Å²) in [5.41, 5.74) is 2.05. The van der Waals surface area contributed by atoms with E-state index in [9.17, 15) is 9.59 Å². The first-order valence-corrected chi connectivity index (χ1v) is 8.53. The smallest absolute Gasteiger partial charge is 0.242 e. The second-order valence-corrected chi connectivity index (χ2v) is 7.59. The normalized spacial score (nSPS) is 16.1. The van der Waals surface area contributed by atoms with Gasteiger partial charge in [0.25, 0.3) is 0 Å². The summed E-state index contributed by atoms with van der Waals surface area (Å²) in [6, 6.07) is 7.93. The minimum absolute atomic E-state index is 0.0122. The van der Waals surface area contributed by atoms with Gasteiger partial charge in [0.2, 0.25) is 11.8 Å². The molecule has 0 aromatic heterocycles. The Bertz CT molecular complexity index is 582. The minimum atomic E-state index is -0.110. The van der Waals surface area contributed by atoms with Crippen molar-refractivity contribution >= 4 is 17.5 Å². The molecule has 132 valence electrons. The van der Waals surface area contributed by atoms with Crippen molar-refractivity contribution in [3.05, 3.63) is 29.8 Å². The summed E-state index contributed by atoms with van der Waals surface area (Å²) < 4.78 is 0. The van der Waals surface area contributed by atoms with Gasteiger partial charge in [-0.3, -0.25) is 9.59 Å². The fourth-order valence-electron chi connectivity index (χ4n) is 2.82. The van der Waals surface area contributed by atoms with Crippen LogP contribution in [0.3, 0.4) is 0 Å². The van der Waals surface area contributed by atoms with Crippen LogP contribution >= 0.6 is 0 Å². The van der Waals surface area contributed by atoms with Gasteiger partial charge in [-0.25, -0.2) is 0 Å². The number of rotatable bonds is 3. The van der Waals surface area contributed by atoms with Crippen molar-refractivity contribution in [1.29, 1.82) is 0 Å². The summed E-state index contributed by atoms with van der Waals surface area (Å²) in [6.45, 7) is 11.3. The molecule has 0 saturated carbocycles. The third kappa shape index (κ3) is 4.57. The third-order valence-electron chi connectivity index (χ3n) is 4.57. The van der Waals surface area contributed by atoms with Gasteiger partial charge in [-0.05, 0) is 30.2 Å². The number of benzene rings is 1. The summed E-state index contributed by atoms with van der Waals surface area (Å²) in [5.74, 6) is -0.0980. The minimum Gasteiger partial charge on any atom is -0.339 e. The average Bonchev–Trinajstić information content (AvgIpc) is 2.52. The topological polar surface area (TPSA) is 43.9 Å². The van der Waals surface area contributed by atoms with E-state index in [0.29, 0.717) is 0 Å². The molecule has 1 aliphatic heterocycles. The first-order chi connectivity index (χ1) is 11.2. The standard InChI is InChI=1S/C19H29N3O2/c1-15(23)22(14-18(24)21-12-10-20(5)11-13-21)17-8-6-16(7-9-17)19(2,3)4/h6-9H,10-14H2,1-5H3. The van der Waals surface area contributed by atoms with E-state index in [4.69, 9.17) is 0 Å². The van der Waals surface area contributed by atoms with Gasteiger partial charge in [0, 0.05) is 38.8 Å². The molecule has 1 aromatic carbocycles. The molecule has 0 spiro atoms. The second-order valence-electron chi connectivity index (χ2n) is 7.59. The van der Waals surface area contributed by atoms with Gasteiger partial charge in [-0.2, -0.15) is 0 Å². The lowest BCUT2D eigenvalue weighted by Gasteiger charge is -2.34. The Hall–Kier alpha value is -1.88. The molecular formula is C19H29N3O2. The molecule has 5 nitrogen and oxygen atoms in total. The lowest BCUT2D eigenvalue weighted by atomic mass is 9.87. The zero-order valence-electron chi connectivity index (χ0n) is 15.5. The van der Waals surface area contributed by atoms with E-state index in [1.807, 2.05) is 29.2 Å². The molecule has 0 aliphatic carbocycles. The number of amides is 2. The fraction of sp³-hybridized carbons (Fsp3) is 0.579. The molecule has 24 heavy (non-hydrogen) atoms. The maximum absolute atomic E-state index is 12.5. The number of likely N-dealkylation sites (N-methyl/N-ethyl adjacent to an activating group) is 1. The van der Waals surface area contributed by atoms with Crippen LogP contribution in [0.1, 0.15) is 33.3 Å². The van der Waals surface area contributed by atoms with Crippen molar-refractivity contribution in [3.8, 4) is 0 Å². The Morgan fingerprint density at radius 3 is 2.04 bits per heavy atom. The van der Waals surface area contributed by atoms with Crippen LogP contribution in [0.25, 0.3) is 0 Å². The predicted molar refractivity (Wildman–Crippen MR) is 97.2 cm³/mol. The molecule has 1 fully saturated rings. The van der Waals surface area contributed by atoms with E-state index in [2.05, 4.69) is 32.7 Å². The number of carbonyl (C=O) groups is 2. The van der Waals surface area contributed by atoms with Gasteiger partial charge in [0.15, 0.2) is 0 Å². The maximum atomic E-state index is 12.5. The van der Waals surface area contributed by atoms with Crippen LogP contribution in [-0.2, 0) is 15.0 Å². The van der Waals surface area contributed by atoms with Gasteiger partial charge in [-0.1, -0.05) is 32.9 Å². The number of nitrogens with zero attached hydrogens (tertiary/aromatic N) is 3. The van der Waals surface area contributed by atoms with E-state index in [0.717, 1.165) is 31.9 Å². The van der Waals surface area contributed by atoms with E-state index < -0.39 is 0 Å². The average molecular weight is 331 g/mol. The van der Waals surface area contributed by atoms with Crippen LogP contribution in [0.4, 0.5) is 5.69 Å². The molecule has 0 N–H and O–H groups in total. The molecule has 2 amide bonds. The second kappa shape index (κ2) is 7.34. The lowest BCUT2D eigenvalue weighted by molar-refractivity contribution is -0.132. The summed E-state index contributed by atoms with van der Waals surface area (Å²) in [7, 11) is 2.06. The number of anilines is 1. The zero-order chi connectivity index (χ0) is 17.9. The van der Waals surface area contributed by atoms with Crippen molar-refractivity contribution in [2.24, 2.45) is 0 Å². The van der Waals surface area contributed by atoms with Crippen molar-refractivity contribution < 1.29 is 9.59 Å². The SMILES string of the molecule is CC(=O)N(CC(=O)N1CCN(C)CC1)c1ccc(C(C)(C)C)cc1. The summed E-state index contributed by atoms with van der Waals surface area (Å²) in [5, 5.41) is 0. The quantitative estimate of drug-likeness (QED) is 0.852. The Labute approximate surface area is 145 Å². The number of piperazine rings is 1. The number of hydrogen-bond donors (Lipinski definition) is 0. The molecule has 0 atom stereocenters. The predicted octanol–water partition coefficient (Wildman–Crippen LogP) is 2.11. The molecular weight excluding hydrogens is 302 g/mol. The Morgan fingerprint density at radius 2 is 1.58 bits per heavy atom. The molecule has 1 saturated heterocycles. The maximum Gasteiger partial charge on any atom is 0.242 e. The highest BCUT2D eigenvalue weighted by Crippen LogP contribution is 2.25. The van der Waals surface area contributed by atoms with Crippen LogP contribution in [0, 0.1) is 0 Å². The molecule has 0 unspecified atom stereocenters. The fourth-order valence-corrected chi connectivity index (χ4v) is 2.82. The van der Waals surface area contributed by atoms with E-state index >= 15 is 0 Å². The highest BCUT2D eigenvalue weighted by Gasteiger charge is 2.23. The van der Waals surface area contributed by atoms with Crippen LogP contribution in [0.5, 0.6) is 0 Å². The monoisotopic (exact) mass is 331 g/mol. The van der Waals surface area contributed by atoms with Crippen LogP contribution in [-0.4, -0.2) is 61.4 Å². The molecule has 0 bridgehead atoms. The Balaban J connectivity index is 2.09. The largest absolute Gasteiger partial charge is 0.339 e. The first kappa shape index (κ1) is 18.5. The van der Waals surface area contributed by atoms with Crippen LogP contribution in [0.15, 0.2) is 24.3 Å². The molecule has 1 heterocycles. The molecule has 2 rings (SSSR count). The van der Waals surface area contributed by atoms with Crippen molar-refractivity contribution in [2.45, 2.75) is 33.1 Å². The lowest BCUT2D eigenvalue weighted by Crippen LogP contribution is -2.50. The van der Waals surface area contributed by atoms with Crippen LogP contribution in [0.2, 0.25) is 0 Å². The highest BCUT2D eigenvalue weighted by atomic mass is 16.2. The Morgan fingerprint density at radius 1 is 1.04 bits per heavy atom. The van der Waals surface area contributed by atoms with Gasteiger partial charge < -0.3 is 14.7 Å². The molecule has 1 aliphatic rings. The van der Waals surface area contributed by atoms with E-state index in [1.165, 1.54) is 12.5 Å². The Kier molecular flexibility index (Phi) is 5.65. The van der Waals surface area contributed by atoms with Gasteiger partial charge in [0.1, 0.15) is 6.54 Å². The number of hydrogen-bond acceptors (Lipinski definition) is 3. The molecule has 5 heteroatoms. The van der Waals surface area contributed by atoms with Crippen molar-refractivity contribution in [3.63, 3.8) is 0 Å². The summed E-state index contributed by atoms with van der Waals surface area (Å²) in [6.07, 6.45) is 0. The van der Waals surface area contributed by atoms with Gasteiger partial charge in [0.05, 0.1) is 0 Å². The van der Waals surface area contributed by atoms with Gasteiger partial charge in [-0.15, -0.1) is 0 Å². The third-order valence-corrected chi connectivity index (χ3v) is 4.57. The highest BCUT2D eigenvalue weighted by molar-refractivity contribution is 5.97. The zero-order valence-corrected chi connectivity index (χ0v) is 15.5.